The Hall–Kier alpha value is -4.48. The fraction of sp³-hybridized carbons (Fsp3) is 0.361. The zero-order valence-electron chi connectivity index (χ0n) is 29.5. The first-order valence-electron chi connectivity index (χ1n) is 16.5. The van der Waals surface area contributed by atoms with Crippen LogP contribution >= 0.6 is 15.9 Å². The maximum Gasteiger partial charge on any atom is 0.407 e. The molecule has 280 valence electrons. The van der Waals surface area contributed by atoms with E-state index in [1.165, 1.54) is 29.7 Å². The number of halogens is 1. The lowest BCUT2D eigenvalue weighted by atomic mass is 10.2. The Morgan fingerprint density at radius 2 is 1.54 bits per heavy atom. The molecule has 1 aromatic heterocycles. The van der Waals surface area contributed by atoms with Crippen molar-refractivity contribution in [3.05, 3.63) is 89.2 Å². The fourth-order valence-electron chi connectivity index (χ4n) is 4.68. The van der Waals surface area contributed by atoms with Gasteiger partial charge in [-0.2, -0.15) is 0 Å². The van der Waals surface area contributed by atoms with Gasteiger partial charge in [0.2, 0.25) is 0 Å². The van der Waals surface area contributed by atoms with E-state index in [9.17, 15) is 18.0 Å². The maximum atomic E-state index is 14.3. The van der Waals surface area contributed by atoms with Gasteiger partial charge in [0, 0.05) is 22.3 Å². The zero-order valence-corrected chi connectivity index (χ0v) is 31.9. The maximum absolute atomic E-state index is 14.3. The van der Waals surface area contributed by atoms with Gasteiger partial charge in [0.25, 0.3) is 15.9 Å². The van der Waals surface area contributed by atoms with Crippen molar-refractivity contribution in [3.63, 3.8) is 0 Å². The third kappa shape index (κ3) is 12.3. The highest BCUT2D eigenvalue weighted by Crippen LogP contribution is 2.33. The molecule has 3 aromatic carbocycles. The number of H-pyrrole nitrogens is 1. The van der Waals surface area contributed by atoms with Gasteiger partial charge in [0.15, 0.2) is 0 Å². The first kappa shape index (κ1) is 40.3. The molecule has 0 spiro atoms. The van der Waals surface area contributed by atoms with E-state index in [2.05, 4.69) is 36.5 Å². The van der Waals surface area contributed by atoms with Crippen LogP contribution in [0.1, 0.15) is 31.3 Å². The smallest absolute Gasteiger partial charge is 0.407 e. The van der Waals surface area contributed by atoms with Crippen LogP contribution in [0.4, 0.5) is 16.2 Å². The largest absolute Gasteiger partial charge is 0.495 e. The Balaban J connectivity index is 1.32. The Morgan fingerprint density at radius 1 is 0.885 bits per heavy atom. The summed E-state index contributed by atoms with van der Waals surface area (Å²) < 4.78 is 57.9. The number of nitrogens with zero attached hydrogens (tertiary/aromatic N) is 2. The van der Waals surface area contributed by atoms with Crippen LogP contribution in [0, 0.1) is 0 Å². The molecule has 14 nitrogen and oxygen atoms in total. The molecule has 1 heterocycles. The highest BCUT2D eigenvalue weighted by molar-refractivity contribution is 9.10. The standard InChI is InChI=1S/C36H44BrN5O9S/c1-36(2,3)51-35(44)38-16-18-48-20-22-50-23-21-49-19-17-42(29-13-10-27(37)11-14-29)52(45,46)32-24-28(12-15-31(32)47-4)40-34(43)30-25-39-33(41-30)26-8-6-5-7-9-26/h5-15,24-25H,16-23H2,1-4H3,(H,38,44)(H,39,41)(H,40,43). The van der Waals surface area contributed by atoms with Crippen LogP contribution in [0.3, 0.4) is 0 Å². The van der Waals surface area contributed by atoms with Crippen molar-refractivity contribution in [2.75, 3.05) is 69.5 Å². The average molecular weight is 803 g/mol. The molecule has 0 atom stereocenters. The number of amides is 2. The summed E-state index contributed by atoms with van der Waals surface area (Å²) in [6, 6.07) is 20.6. The number of hydrogen-bond donors (Lipinski definition) is 3. The molecule has 0 radical (unpaired) electrons. The van der Waals surface area contributed by atoms with Gasteiger partial charge in [-0.3, -0.25) is 9.10 Å². The van der Waals surface area contributed by atoms with Crippen LogP contribution in [0.15, 0.2) is 88.4 Å². The van der Waals surface area contributed by atoms with E-state index in [4.69, 9.17) is 23.7 Å². The summed E-state index contributed by atoms with van der Waals surface area (Å²) in [5, 5.41) is 5.37. The third-order valence-corrected chi connectivity index (χ3v) is 9.45. The summed E-state index contributed by atoms with van der Waals surface area (Å²) in [6.45, 7) is 7.15. The number of rotatable bonds is 19. The van der Waals surface area contributed by atoms with Gasteiger partial charge in [-0.05, 0) is 63.2 Å². The molecule has 0 aliphatic rings. The van der Waals surface area contributed by atoms with Crippen molar-refractivity contribution in [1.29, 1.82) is 0 Å². The molecule has 16 heteroatoms. The molecule has 0 saturated heterocycles. The van der Waals surface area contributed by atoms with E-state index >= 15 is 0 Å². The van der Waals surface area contributed by atoms with E-state index in [0.29, 0.717) is 37.9 Å². The Labute approximate surface area is 312 Å². The predicted octanol–water partition coefficient (Wildman–Crippen LogP) is 5.87. The van der Waals surface area contributed by atoms with Gasteiger partial charge >= 0.3 is 6.09 Å². The lowest BCUT2D eigenvalue weighted by molar-refractivity contribution is 0.0154. The quantitative estimate of drug-likeness (QED) is 0.0975. The number of hydrogen-bond acceptors (Lipinski definition) is 10. The van der Waals surface area contributed by atoms with Crippen molar-refractivity contribution in [1.82, 2.24) is 15.3 Å². The number of imidazole rings is 1. The Kier molecular flexibility index (Phi) is 15.0. The number of benzene rings is 3. The molecule has 0 unspecified atom stereocenters. The SMILES string of the molecule is COc1ccc(NC(=O)c2cnc(-c3ccccc3)[nH]2)cc1S(=O)(=O)N(CCOCCOCCOCCNC(=O)OC(C)(C)C)c1ccc(Br)cc1. The van der Waals surface area contributed by atoms with Crippen LogP contribution < -0.4 is 19.7 Å². The number of anilines is 2. The molecule has 52 heavy (non-hydrogen) atoms. The van der Waals surface area contributed by atoms with Crippen LogP contribution in [-0.2, 0) is 29.0 Å². The van der Waals surface area contributed by atoms with E-state index in [1.807, 2.05) is 30.3 Å². The number of carbonyl (C=O) groups excluding carboxylic acids is 2. The van der Waals surface area contributed by atoms with Gasteiger partial charge in [-0.25, -0.2) is 18.2 Å². The normalized spacial score (nSPS) is 11.6. The number of ether oxygens (including phenoxy) is 5. The number of carbonyl (C=O) groups is 2. The summed E-state index contributed by atoms with van der Waals surface area (Å²) in [6.07, 6.45) is 0.915. The second-order valence-corrected chi connectivity index (χ2v) is 14.9. The highest BCUT2D eigenvalue weighted by Gasteiger charge is 2.29. The van der Waals surface area contributed by atoms with Gasteiger partial charge in [0.05, 0.1) is 65.2 Å². The molecule has 2 amide bonds. The van der Waals surface area contributed by atoms with Gasteiger partial charge in [-0.1, -0.05) is 46.3 Å². The summed E-state index contributed by atoms with van der Waals surface area (Å²) in [5.41, 5.74) is 1.10. The molecule has 4 rings (SSSR count). The van der Waals surface area contributed by atoms with Crippen LogP contribution in [0.25, 0.3) is 11.4 Å². The molecule has 0 aliphatic carbocycles. The van der Waals surface area contributed by atoms with E-state index in [1.54, 1.807) is 51.1 Å². The second kappa shape index (κ2) is 19.4. The molecule has 0 aliphatic heterocycles. The van der Waals surface area contributed by atoms with Crippen molar-refractivity contribution < 1.29 is 41.7 Å². The number of aromatic amines is 1. The molecule has 0 fully saturated rings. The number of sulfonamides is 1. The molecular weight excluding hydrogens is 758 g/mol. The highest BCUT2D eigenvalue weighted by atomic mass is 79.9. The molecule has 0 saturated carbocycles. The number of aromatic nitrogens is 2. The monoisotopic (exact) mass is 801 g/mol. The minimum atomic E-state index is -4.23. The molecule has 4 aromatic rings. The molecular formula is C36H44BrN5O9S. The van der Waals surface area contributed by atoms with Crippen LogP contribution in [0.2, 0.25) is 0 Å². The zero-order chi connectivity index (χ0) is 37.6. The minimum Gasteiger partial charge on any atom is -0.495 e. The first-order valence-corrected chi connectivity index (χ1v) is 18.7. The first-order chi connectivity index (χ1) is 24.9. The van der Waals surface area contributed by atoms with Crippen molar-refractivity contribution in [2.24, 2.45) is 0 Å². The number of alkyl carbamates (subject to hydrolysis) is 1. The lowest BCUT2D eigenvalue weighted by Gasteiger charge is -2.26. The topological polar surface area (TPSA) is 170 Å². The third-order valence-electron chi connectivity index (χ3n) is 7.07. The second-order valence-electron chi connectivity index (χ2n) is 12.2. The van der Waals surface area contributed by atoms with Crippen molar-refractivity contribution in [3.8, 4) is 17.1 Å². The van der Waals surface area contributed by atoms with E-state index < -0.39 is 27.6 Å². The summed E-state index contributed by atoms with van der Waals surface area (Å²) in [4.78, 5) is 31.9. The summed E-state index contributed by atoms with van der Waals surface area (Å²) >= 11 is 3.40. The molecule has 3 N–H and O–H groups in total. The molecule has 0 bridgehead atoms. The summed E-state index contributed by atoms with van der Waals surface area (Å²) in [7, 11) is -2.86. The lowest BCUT2D eigenvalue weighted by Crippen LogP contribution is -2.34. The minimum absolute atomic E-state index is 0.0200. The van der Waals surface area contributed by atoms with Crippen LogP contribution in [-0.4, -0.2) is 95.8 Å². The van der Waals surface area contributed by atoms with E-state index in [0.717, 1.165) is 10.0 Å². The van der Waals surface area contributed by atoms with E-state index in [-0.39, 0.29) is 48.4 Å². The fourth-order valence-corrected chi connectivity index (χ4v) is 6.57. The number of nitrogens with one attached hydrogen (secondary N) is 3. The van der Waals surface area contributed by atoms with Gasteiger partial charge < -0.3 is 39.3 Å². The Morgan fingerprint density at radius 3 is 2.19 bits per heavy atom. The van der Waals surface area contributed by atoms with Crippen LogP contribution in [0.5, 0.6) is 5.75 Å². The van der Waals surface area contributed by atoms with Crippen molar-refractivity contribution >= 4 is 49.3 Å². The Bertz CT molecular complexity index is 1850. The number of methoxy groups -OCH3 is 1. The predicted molar refractivity (Wildman–Crippen MR) is 200 cm³/mol. The van der Waals surface area contributed by atoms with Gasteiger partial charge in [-0.15, -0.1) is 0 Å². The van der Waals surface area contributed by atoms with Gasteiger partial charge in [0.1, 0.15) is 27.8 Å². The summed E-state index contributed by atoms with van der Waals surface area (Å²) in [5.74, 6) is 0.133. The average Bonchev–Trinajstić information content (AvgIpc) is 3.61. The van der Waals surface area contributed by atoms with Crippen molar-refractivity contribution in [2.45, 2.75) is 31.3 Å².